The minimum atomic E-state index is -4.55. The van der Waals surface area contributed by atoms with Crippen molar-refractivity contribution >= 4 is 57.7 Å². The van der Waals surface area contributed by atoms with E-state index < -0.39 is 48.3 Å². The monoisotopic (exact) mass is 1030 g/mol. The molecule has 3 amide bonds. The number of hydrogen-bond acceptors (Lipinski definition) is 12. The van der Waals surface area contributed by atoms with E-state index in [-0.39, 0.29) is 54.5 Å². The van der Waals surface area contributed by atoms with E-state index in [0.29, 0.717) is 107 Å². The number of hydrogen-bond donors (Lipinski definition) is 3. The Morgan fingerprint density at radius 3 is 2.60 bits per heavy atom. The number of ether oxygens (including phenoxy) is 2. The third-order valence-electron chi connectivity index (χ3n) is 17.2. The van der Waals surface area contributed by atoms with Crippen LogP contribution in [0.25, 0.3) is 27.7 Å². The van der Waals surface area contributed by atoms with Crippen LogP contribution in [0.3, 0.4) is 0 Å². The van der Waals surface area contributed by atoms with E-state index >= 15 is 4.79 Å². The van der Waals surface area contributed by atoms with Crippen molar-refractivity contribution in [3.05, 3.63) is 45.5 Å². The molecule has 73 heavy (non-hydrogen) atoms. The van der Waals surface area contributed by atoms with Crippen molar-refractivity contribution in [1.29, 1.82) is 0 Å². The van der Waals surface area contributed by atoms with Crippen LogP contribution < -0.4 is 16.1 Å². The van der Waals surface area contributed by atoms with Crippen molar-refractivity contribution in [2.24, 2.45) is 27.7 Å². The standard InChI is InChI=1S/C54H70F3N9O6S/c1-31(71-4)43-35(11-7-19-58-43)47-37-25-52(2,3)30-72-51(70)38-12-8-20-66(62-38)49(68)39(24-42-59-40(26-73-42)34-15-16-41(36(37)23-34)65(47)29-54(55,56)57)60-48(67)46(33-9-5-6-10-33)63-21-17-53(27-63)18-22-64(28-53)50(69)45-44(61-45)32-13-14-32/h15-16,19,23,26,31-33,38-39,44-46,61-62H,5-14,17-18,20-22,24-25,27-30H2,1-4H3,(H,60,67)/t31-,38-,39-,44+,45+,46-,53-/m0/s1. The van der Waals surface area contributed by atoms with Crippen molar-refractivity contribution in [2.75, 3.05) is 46.4 Å². The first-order valence-corrected chi connectivity index (χ1v) is 27.6. The molecule has 6 fully saturated rings. The highest BCUT2D eigenvalue weighted by molar-refractivity contribution is 7.10. The van der Waals surface area contributed by atoms with E-state index in [1.807, 2.05) is 32.2 Å². The quantitative estimate of drug-likeness (QED) is 0.145. The zero-order valence-corrected chi connectivity index (χ0v) is 43.3. The molecular weight excluding hydrogens is 960 g/mol. The van der Waals surface area contributed by atoms with Crippen LogP contribution in [0.4, 0.5) is 13.2 Å². The maximum Gasteiger partial charge on any atom is 0.406 e. The van der Waals surface area contributed by atoms with Gasteiger partial charge in [0.15, 0.2) is 0 Å². The molecule has 1 aromatic carbocycles. The van der Waals surface area contributed by atoms with Crippen molar-refractivity contribution in [2.45, 2.75) is 160 Å². The summed E-state index contributed by atoms with van der Waals surface area (Å²) in [6, 6.07) is 3.38. The summed E-state index contributed by atoms with van der Waals surface area (Å²) in [5, 5.41) is 11.3. The summed E-state index contributed by atoms with van der Waals surface area (Å²) in [5.74, 6) is -0.140. The molecule has 1 spiro atoms. The zero-order valence-electron chi connectivity index (χ0n) is 42.5. The number of rotatable bonds is 10. The summed E-state index contributed by atoms with van der Waals surface area (Å²) in [7, 11) is 1.56. The number of aromatic nitrogens is 2. The van der Waals surface area contributed by atoms with Crippen molar-refractivity contribution in [1.82, 2.24) is 40.4 Å². The Morgan fingerprint density at radius 2 is 1.84 bits per heavy atom. The lowest BCUT2D eigenvalue weighted by Crippen LogP contribution is -2.62. The minimum absolute atomic E-state index is 0.0387. The number of methoxy groups -OCH3 is 1. The lowest BCUT2D eigenvalue weighted by atomic mass is 9.83. The molecule has 8 aliphatic rings. The van der Waals surface area contributed by atoms with Crippen LogP contribution >= 0.6 is 11.3 Å². The van der Waals surface area contributed by atoms with Gasteiger partial charge in [0.25, 0.3) is 5.91 Å². The Hall–Kier alpha value is -4.69. The third-order valence-corrected chi connectivity index (χ3v) is 18.0. The molecule has 7 atom stereocenters. The van der Waals surface area contributed by atoms with Gasteiger partial charge < -0.3 is 24.3 Å². The zero-order chi connectivity index (χ0) is 51.0. The summed E-state index contributed by atoms with van der Waals surface area (Å²) in [6.45, 7) is 7.66. The number of benzene rings is 1. The summed E-state index contributed by atoms with van der Waals surface area (Å²) >= 11 is 1.36. The van der Waals surface area contributed by atoms with Gasteiger partial charge in [-0.2, -0.15) is 13.2 Å². The molecule has 6 bridgehead atoms. The number of carbonyl (C=O) groups excluding carboxylic acids is 4. The summed E-state index contributed by atoms with van der Waals surface area (Å²) in [5.41, 5.74) is 6.44. The number of nitrogens with one attached hydrogen (secondary N) is 3. The number of likely N-dealkylation sites (tertiary alicyclic amines) is 2. The predicted octanol–water partition coefficient (Wildman–Crippen LogP) is 6.82. The van der Waals surface area contributed by atoms with Gasteiger partial charge in [-0.15, -0.1) is 11.3 Å². The Balaban J connectivity index is 0.924. The van der Waals surface area contributed by atoms with Crippen LogP contribution in [0.2, 0.25) is 0 Å². The molecule has 394 valence electrons. The molecule has 3 aromatic rings. The Bertz CT molecular complexity index is 2710. The van der Waals surface area contributed by atoms with Crippen LogP contribution in [-0.2, 0) is 48.0 Å². The molecular formula is C54H70F3N9O6S. The number of carbonyl (C=O) groups is 4. The normalized spacial score (nSPS) is 29.0. The van der Waals surface area contributed by atoms with E-state index in [1.54, 1.807) is 25.5 Å². The number of cyclic esters (lactones) is 1. The number of allylic oxidation sites excluding steroid dienone is 1. The number of fused-ring (bicyclic) bond motifs is 6. The molecule has 15 nitrogen and oxygen atoms in total. The molecule has 11 rings (SSSR count). The molecule has 0 radical (unpaired) electrons. The van der Waals surface area contributed by atoms with Gasteiger partial charge in [0.05, 0.1) is 40.8 Å². The molecule has 19 heteroatoms. The summed E-state index contributed by atoms with van der Waals surface area (Å²) < 4.78 is 57.4. The lowest BCUT2D eigenvalue weighted by molar-refractivity contribution is -0.155. The van der Waals surface area contributed by atoms with Gasteiger partial charge in [0.1, 0.15) is 24.7 Å². The van der Waals surface area contributed by atoms with Crippen molar-refractivity contribution in [3.63, 3.8) is 0 Å². The van der Waals surface area contributed by atoms with Crippen molar-refractivity contribution in [3.8, 4) is 11.3 Å². The first-order chi connectivity index (χ1) is 35.0. The average Bonchev–Trinajstić information content (AvgIpc) is 4.04. The largest absolute Gasteiger partial charge is 0.464 e. The number of thiazole rings is 1. The predicted molar refractivity (Wildman–Crippen MR) is 271 cm³/mol. The maximum absolute atomic E-state index is 15.1. The highest BCUT2D eigenvalue weighted by Crippen LogP contribution is 2.46. The molecule has 0 unspecified atom stereocenters. The van der Waals surface area contributed by atoms with Gasteiger partial charge in [-0.3, -0.25) is 39.4 Å². The van der Waals surface area contributed by atoms with E-state index in [1.165, 1.54) is 33.8 Å². The van der Waals surface area contributed by atoms with E-state index in [4.69, 9.17) is 19.5 Å². The Kier molecular flexibility index (Phi) is 13.7. The lowest BCUT2D eigenvalue weighted by Gasteiger charge is -2.37. The SMILES string of the molecule is CO[C@@H](C)C1=C(c2c3c4cc(ccc4n2CC(F)(F)F)-c2csc(n2)C[C@H](NC(=O)[C@H](C2CCCC2)N2CC[C@]4(CCN(C(=O)[C@@H]5N[C@@H]5C5CC5)C4)C2)C(=O)N2CCC[C@H](N2)C(=O)OCC(C)(C)C3)CCC=N1. The number of hydrazine groups is 1. The van der Waals surface area contributed by atoms with E-state index in [9.17, 15) is 27.6 Å². The van der Waals surface area contributed by atoms with E-state index in [2.05, 4.69) is 25.9 Å². The van der Waals surface area contributed by atoms with Gasteiger partial charge in [0, 0.05) is 90.2 Å². The number of nitrogens with zero attached hydrogens (tertiary/aromatic N) is 6. The number of amides is 3. The molecule has 3 N–H and O–H groups in total. The van der Waals surface area contributed by atoms with E-state index in [0.717, 1.165) is 51.6 Å². The smallest absolute Gasteiger partial charge is 0.406 e. The molecule has 6 aliphatic heterocycles. The Morgan fingerprint density at radius 1 is 1.04 bits per heavy atom. The van der Waals surface area contributed by atoms with Gasteiger partial charge in [-0.05, 0) is 114 Å². The fraction of sp³-hybridized carbons (Fsp3) is 0.667. The fourth-order valence-electron chi connectivity index (χ4n) is 13.2. The maximum atomic E-state index is 15.1. The number of halogens is 3. The topological polar surface area (TPSA) is 173 Å². The Labute approximate surface area is 429 Å². The molecule has 4 saturated heterocycles. The fourth-order valence-corrected chi connectivity index (χ4v) is 14.0. The number of aliphatic imine (C=N–C) groups is 1. The van der Waals surface area contributed by atoms with Crippen LogP contribution in [0.1, 0.15) is 114 Å². The average molecular weight is 1030 g/mol. The highest BCUT2D eigenvalue weighted by Gasteiger charge is 2.55. The molecule has 2 saturated carbocycles. The van der Waals surface area contributed by atoms with Gasteiger partial charge in [0.2, 0.25) is 11.8 Å². The third kappa shape index (κ3) is 10.4. The highest BCUT2D eigenvalue weighted by atomic mass is 32.1. The van der Waals surface area contributed by atoms with Gasteiger partial charge in [-0.25, -0.2) is 10.4 Å². The van der Waals surface area contributed by atoms with Gasteiger partial charge in [-0.1, -0.05) is 32.8 Å². The van der Waals surface area contributed by atoms with Crippen LogP contribution in [0.5, 0.6) is 0 Å². The van der Waals surface area contributed by atoms with Crippen LogP contribution in [0.15, 0.2) is 34.3 Å². The second-order valence-corrected chi connectivity index (χ2v) is 24.2. The second-order valence-electron chi connectivity index (χ2n) is 23.2. The number of esters is 1. The van der Waals surface area contributed by atoms with Gasteiger partial charge >= 0.3 is 12.1 Å². The first kappa shape index (κ1) is 50.5. The van der Waals surface area contributed by atoms with Crippen LogP contribution in [0, 0.1) is 22.7 Å². The summed E-state index contributed by atoms with van der Waals surface area (Å²) in [4.78, 5) is 71.8. The summed E-state index contributed by atoms with van der Waals surface area (Å²) in [6.07, 6.45) is 7.15. The van der Waals surface area contributed by atoms with Crippen LogP contribution in [-0.4, -0.2) is 143 Å². The van der Waals surface area contributed by atoms with Crippen molar-refractivity contribution < 1.29 is 41.8 Å². The second kappa shape index (κ2) is 19.8. The first-order valence-electron chi connectivity index (χ1n) is 26.8. The number of alkyl halides is 3. The molecule has 2 aromatic heterocycles. The minimum Gasteiger partial charge on any atom is -0.464 e. The molecule has 8 heterocycles. The molecule has 2 aliphatic carbocycles.